The first kappa shape index (κ1) is 39.4. The Labute approximate surface area is 373 Å². The van der Waals surface area contributed by atoms with Crippen LogP contribution in [-0.2, 0) is 0 Å². The highest BCUT2D eigenvalue weighted by Crippen LogP contribution is 2.48. The molecule has 1 N–H and O–H groups in total. The van der Waals surface area contributed by atoms with Gasteiger partial charge in [-0.3, -0.25) is 14.8 Å². The van der Waals surface area contributed by atoms with Crippen molar-refractivity contribution in [3.8, 4) is 39.3 Å². The fourth-order valence-corrected chi connectivity index (χ4v) is 8.27. The molecule has 0 aliphatic carbocycles. The van der Waals surface area contributed by atoms with Crippen LogP contribution < -0.4 is 14.7 Å². The number of aromatic nitrogens is 2. The minimum absolute atomic E-state index is 0.122. The van der Waals surface area contributed by atoms with Gasteiger partial charge in [0.05, 0.1) is 28.4 Å². The molecule has 0 unspecified atom stereocenters. The Hall–Kier alpha value is -8.74. The Morgan fingerprint density at radius 1 is 0.312 bits per heavy atom. The van der Waals surface area contributed by atoms with Crippen LogP contribution in [0.1, 0.15) is 0 Å². The minimum atomic E-state index is 0.122. The monoisotopic (exact) mass is 825 g/mol. The third-order valence-electron chi connectivity index (χ3n) is 11.2. The maximum atomic E-state index is 11.8. The van der Waals surface area contributed by atoms with Gasteiger partial charge in [0.15, 0.2) is 0 Å². The van der Waals surface area contributed by atoms with Gasteiger partial charge in [0.25, 0.3) is 0 Å². The number of hydrogen-bond acceptors (Lipinski definition) is 6. The zero-order valence-corrected chi connectivity index (χ0v) is 34.9. The molecule has 2 aromatic heterocycles. The quantitative estimate of drug-likeness (QED) is 0.132. The first-order valence-electron chi connectivity index (χ1n) is 21.3. The molecule has 0 amide bonds. The highest BCUT2D eigenvalue weighted by Gasteiger charge is 2.27. The van der Waals surface area contributed by atoms with Crippen molar-refractivity contribution >= 4 is 51.4 Å². The van der Waals surface area contributed by atoms with Crippen LogP contribution in [0.4, 0.5) is 51.4 Å². The van der Waals surface area contributed by atoms with E-state index in [-0.39, 0.29) is 5.75 Å². The molecule has 64 heavy (non-hydrogen) atoms. The Kier molecular flexibility index (Phi) is 11.1. The van der Waals surface area contributed by atoms with E-state index in [9.17, 15) is 5.11 Å². The first-order valence-corrected chi connectivity index (χ1v) is 21.3. The predicted molar refractivity (Wildman–Crippen MR) is 264 cm³/mol. The summed E-state index contributed by atoms with van der Waals surface area (Å²) in [4.78, 5) is 17.0. The Morgan fingerprint density at radius 2 is 0.766 bits per heavy atom. The highest BCUT2D eigenvalue weighted by molar-refractivity contribution is 5.93. The van der Waals surface area contributed by atoms with E-state index in [1.807, 2.05) is 91.1 Å². The molecule has 0 bridgehead atoms. The van der Waals surface area contributed by atoms with Crippen molar-refractivity contribution in [1.82, 2.24) is 9.97 Å². The van der Waals surface area contributed by atoms with E-state index >= 15 is 0 Å². The molecule has 8 aromatic carbocycles. The van der Waals surface area contributed by atoms with Gasteiger partial charge in [-0.2, -0.15) is 0 Å². The molecule has 0 spiro atoms. The van der Waals surface area contributed by atoms with Crippen LogP contribution >= 0.6 is 0 Å². The lowest BCUT2D eigenvalue weighted by Crippen LogP contribution is -2.19. The van der Waals surface area contributed by atoms with Crippen LogP contribution in [0.25, 0.3) is 33.5 Å². The van der Waals surface area contributed by atoms with Crippen molar-refractivity contribution in [3.05, 3.63) is 255 Å². The van der Waals surface area contributed by atoms with Crippen molar-refractivity contribution in [2.45, 2.75) is 0 Å². The lowest BCUT2D eigenvalue weighted by Gasteiger charge is -2.33. The second kappa shape index (κ2) is 18.1. The average Bonchev–Trinajstić information content (AvgIpc) is 3.37. The van der Waals surface area contributed by atoms with E-state index in [1.54, 1.807) is 6.07 Å². The molecule has 0 aliphatic heterocycles. The fraction of sp³-hybridized carbons (Fsp3) is 0. The van der Waals surface area contributed by atoms with Gasteiger partial charge in [0.1, 0.15) is 17.4 Å². The van der Waals surface area contributed by atoms with E-state index in [4.69, 9.17) is 9.97 Å². The standard InChI is InChI=1S/C58H43N5O/c64-56-38-18-17-37-55(56)63(54-36-16-14-33-51(54)44-24-7-2-8-25-44)58-42-49(61(46-27-9-3-10-28-46)47-29-11-4-12-30-47)41-57(60-58)62(48-31-21-26-45(40-48)52-34-19-20-39-59-52)53-35-15-13-32-50(53)43-22-5-1-6-23-43/h1-42,64H. The summed E-state index contributed by atoms with van der Waals surface area (Å²) in [6.45, 7) is 0. The van der Waals surface area contributed by atoms with Crippen molar-refractivity contribution in [2.24, 2.45) is 0 Å². The molecule has 0 radical (unpaired) electrons. The number of aromatic hydroxyl groups is 1. The zero-order valence-electron chi connectivity index (χ0n) is 34.9. The van der Waals surface area contributed by atoms with Gasteiger partial charge in [0, 0.05) is 52.1 Å². The van der Waals surface area contributed by atoms with Gasteiger partial charge < -0.3 is 10.0 Å². The number of benzene rings is 8. The average molecular weight is 826 g/mol. The normalized spacial score (nSPS) is 10.9. The largest absolute Gasteiger partial charge is 0.506 e. The third kappa shape index (κ3) is 8.07. The molecular formula is C58H43N5O. The number of phenols is 1. The maximum Gasteiger partial charge on any atom is 0.142 e. The smallest absolute Gasteiger partial charge is 0.142 e. The van der Waals surface area contributed by atoms with E-state index in [2.05, 4.69) is 172 Å². The summed E-state index contributed by atoms with van der Waals surface area (Å²) in [6.07, 6.45) is 1.82. The summed E-state index contributed by atoms with van der Waals surface area (Å²) in [6, 6.07) is 84.6. The number of para-hydroxylation sites is 6. The van der Waals surface area contributed by atoms with Crippen LogP contribution in [0.3, 0.4) is 0 Å². The van der Waals surface area contributed by atoms with Gasteiger partial charge in [-0.15, -0.1) is 0 Å². The summed E-state index contributed by atoms with van der Waals surface area (Å²) >= 11 is 0. The van der Waals surface area contributed by atoms with Crippen molar-refractivity contribution in [3.63, 3.8) is 0 Å². The van der Waals surface area contributed by atoms with Gasteiger partial charge in [-0.05, 0) is 83.9 Å². The van der Waals surface area contributed by atoms with Crippen LogP contribution in [0.2, 0.25) is 0 Å². The van der Waals surface area contributed by atoms with Gasteiger partial charge in [-0.25, -0.2) is 4.98 Å². The van der Waals surface area contributed by atoms with Crippen LogP contribution in [0.15, 0.2) is 255 Å². The lowest BCUT2D eigenvalue weighted by atomic mass is 10.0. The highest BCUT2D eigenvalue weighted by atomic mass is 16.3. The molecule has 0 atom stereocenters. The second-order valence-corrected chi connectivity index (χ2v) is 15.2. The van der Waals surface area contributed by atoms with Crippen LogP contribution in [0.5, 0.6) is 5.75 Å². The molecule has 6 nitrogen and oxygen atoms in total. The maximum absolute atomic E-state index is 11.8. The van der Waals surface area contributed by atoms with Crippen molar-refractivity contribution in [1.29, 1.82) is 0 Å². The summed E-state index contributed by atoms with van der Waals surface area (Å²) < 4.78 is 0. The van der Waals surface area contributed by atoms with Crippen LogP contribution in [-0.4, -0.2) is 15.1 Å². The molecule has 6 heteroatoms. The lowest BCUT2D eigenvalue weighted by molar-refractivity contribution is 0.476. The summed E-state index contributed by atoms with van der Waals surface area (Å²) in [7, 11) is 0. The predicted octanol–water partition coefficient (Wildman–Crippen LogP) is 15.6. The molecule has 10 rings (SSSR count). The summed E-state index contributed by atoms with van der Waals surface area (Å²) in [5.74, 6) is 1.37. The third-order valence-corrected chi connectivity index (χ3v) is 11.2. The van der Waals surface area contributed by atoms with Gasteiger partial charge in [0.2, 0.25) is 0 Å². The summed E-state index contributed by atoms with van der Waals surface area (Å²) in [5, 5.41) is 11.8. The Balaban J connectivity index is 1.31. The van der Waals surface area contributed by atoms with E-state index in [1.165, 1.54) is 0 Å². The number of hydrogen-bond donors (Lipinski definition) is 1. The van der Waals surface area contributed by atoms with E-state index in [0.29, 0.717) is 17.3 Å². The molecule has 10 aromatic rings. The molecule has 306 valence electrons. The second-order valence-electron chi connectivity index (χ2n) is 15.2. The SMILES string of the molecule is Oc1ccccc1N(c1cc(N(c2ccccc2)c2ccccc2)cc(N(c2cccc(-c3ccccn3)c2)c2ccccc2-c2ccccc2)n1)c1ccccc1-c1ccccc1. The minimum Gasteiger partial charge on any atom is -0.506 e. The zero-order chi connectivity index (χ0) is 43.1. The number of pyridine rings is 2. The molecule has 0 aliphatic rings. The Bertz CT molecular complexity index is 3090. The molecule has 0 fully saturated rings. The number of rotatable bonds is 12. The number of nitrogens with zero attached hydrogens (tertiary/aromatic N) is 5. The fourth-order valence-electron chi connectivity index (χ4n) is 8.27. The van der Waals surface area contributed by atoms with Crippen LogP contribution in [0, 0.1) is 0 Å². The molecule has 0 saturated heterocycles. The topological polar surface area (TPSA) is 55.7 Å². The van der Waals surface area contributed by atoms with E-state index in [0.717, 1.165) is 67.6 Å². The summed E-state index contributed by atoms with van der Waals surface area (Å²) in [5.41, 5.74) is 12.0. The van der Waals surface area contributed by atoms with E-state index < -0.39 is 0 Å². The first-order chi connectivity index (χ1) is 31.7. The van der Waals surface area contributed by atoms with Gasteiger partial charge in [-0.1, -0.05) is 164 Å². The molecule has 2 heterocycles. The Morgan fingerprint density at radius 3 is 1.33 bits per heavy atom. The number of anilines is 9. The number of phenolic OH excluding ortho intramolecular Hbond substituents is 1. The van der Waals surface area contributed by atoms with Gasteiger partial charge >= 0.3 is 0 Å². The van der Waals surface area contributed by atoms with Crippen molar-refractivity contribution in [2.75, 3.05) is 14.7 Å². The molecular weight excluding hydrogens is 783 g/mol. The molecule has 0 saturated carbocycles. The van der Waals surface area contributed by atoms with Crippen molar-refractivity contribution < 1.29 is 5.11 Å².